The Balaban J connectivity index is 1.62. The third-order valence-electron chi connectivity index (χ3n) is 2.75. The molecule has 2 heterocycles. The van der Waals surface area contributed by atoms with Crippen molar-refractivity contribution in [1.29, 1.82) is 0 Å². The maximum Gasteiger partial charge on any atom is 0.338 e. The van der Waals surface area contributed by atoms with Crippen molar-refractivity contribution in [2.75, 3.05) is 0 Å². The molecule has 0 aliphatic carbocycles. The summed E-state index contributed by atoms with van der Waals surface area (Å²) in [7, 11) is 0. The van der Waals surface area contributed by atoms with E-state index in [0.717, 1.165) is 20.7 Å². The quantitative estimate of drug-likeness (QED) is 0.599. The molecule has 0 saturated carbocycles. The number of thiazole rings is 1. The smallest absolute Gasteiger partial charge is 0.338 e. The van der Waals surface area contributed by atoms with Crippen LogP contribution in [-0.4, -0.2) is 11.0 Å². The molecule has 3 nitrogen and oxygen atoms in total. The lowest BCUT2D eigenvalue weighted by Crippen LogP contribution is -2.05. The first-order chi connectivity index (χ1) is 10.2. The van der Waals surface area contributed by atoms with Gasteiger partial charge in [-0.2, -0.15) is 11.3 Å². The number of aromatic nitrogens is 1. The van der Waals surface area contributed by atoms with Crippen molar-refractivity contribution in [2.45, 2.75) is 6.61 Å². The number of thiophene rings is 1. The van der Waals surface area contributed by atoms with Crippen LogP contribution in [0.15, 0.2) is 50.9 Å². The number of nitrogens with zero attached hydrogens (tertiary/aromatic N) is 1. The van der Waals surface area contributed by atoms with Crippen LogP contribution in [0.25, 0.3) is 10.6 Å². The first-order valence-electron chi connectivity index (χ1n) is 6.12. The van der Waals surface area contributed by atoms with Gasteiger partial charge in [0.05, 0.1) is 11.3 Å². The number of hydrogen-bond acceptors (Lipinski definition) is 5. The first-order valence-corrected chi connectivity index (χ1v) is 8.73. The van der Waals surface area contributed by atoms with Crippen molar-refractivity contribution in [3.05, 3.63) is 62.2 Å². The minimum absolute atomic E-state index is 0.190. The lowest BCUT2D eigenvalue weighted by molar-refractivity contribution is 0.0468. The van der Waals surface area contributed by atoms with E-state index in [-0.39, 0.29) is 12.6 Å². The van der Waals surface area contributed by atoms with Crippen LogP contribution in [0.1, 0.15) is 16.1 Å². The highest BCUT2D eigenvalue weighted by atomic mass is 79.9. The molecule has 0 unspecified atom stereocenters. The summed E-state index contributed by atoms with van der Waals surface area (Å²) in [6, 6.07) is 9.11. The average molecular weight is 380 g/mol. The zero-order valence-electron chi connectivity index (χ0n) is 10.8. The summed E-state index contributed by atoms with van der Waals surface area (Å²) in [6.07, 6.45) is 0. The Labute approximate surface area is 138 Å². The summed E-state index contributed by atoms with van der Waals surface area (Å²) in [6.45, 7) is 0.190. The molecule has 106 valence electrons. The second kappa shape index (κ2) is 6.51. The topological polar surface area (TPSA) is 39.2 Å². The van der Waals surface area contributed by atoms with Crippen LogP contribution in [0, 0.1) is 0 Å². The molecule has 0 N–H and O–H groups in total. The second-order valence-electron chi connectivity index (χ2n) is 4.24. The Kier molecular flexibility index (Phi) is 4.48. The number of carbonyl (C=O) groups excluding carboxylic acids is 1. The van der Waals surface area contributed by atoms with Crippen molar-refractivity contribution in [2.24, 2.45) is 0 Å². The Morgan fingerprint density at radius 2 is 2.00 bits per heavy atom. The zero-order valence-corrected chi connectivity index (χ0v) is 14.0. The van der Waals surface area contributed by atoms with Crippen molar-refractivity contribution < 1.29 is 9.53 Å². The predicted octanol–water partition coefficient (Wildman–Crippen LogP) is 4.99. The van der Waals surface area contributed by atoms with E-state index in [9.17, 15) is 4.79 Å². The minimum Gasteiger partial charge on any atom is -0.456 e. The van der Waals surface area contributed by atoms with E-state index in [0.29, 0.717) is 5.56 Å². The molecule has 6 heteroatoms. The van der Waals surface area contributed by atoms with E-state index >= 15 is 0 Å². The molecule has 3 rings (SSSR count). The van der Waals surface area contributed by atoms with Gasteiger partial charge in [0.15, 0.2) is 0 Å². The van der Waals surface area contributed by atoms with Crippen LogP contribution in [0.2, 0.25) is 0 Å². The Bertz CT molecular complexity index is 735. The van der Waals surface area contributed by atoms with Crippen LogP contribution in [0.3, 0.4) is 0 Å². The van der Waals surface area contributed by atoms with Gasteiger partial charge in [-0.3, -0.25) is 0 Å². The van der Waals surface area contributed by atoms with Crippen molar-refractivity contribution in [1.82, 2.24) is 4.98 Å². The van der Waals surface area contributed by atoms with Gasteiger partial charge in [0.1, 0.15) is 11.6 Å². The fourth-order valence-corrected chi connectivity index (χ4v) is 3.48. The summed E-state index contributed by atoms with van der Waals surface area (Å²) in [5.74, 6) is -0.340. The van der Waals surface area contributed by atoms with Gasteiger partial charge in [-0.15, -0.1) is 11.3 Å². The number of ether oxygens (including phenoxy) is 1. The molecule has 21 heavy (non-hydrogen) atoms. The second-order valence-corrected chi connectivity index (χ2v) is 6.79. The number of esters is 1. The van der Waals surface area contributed by atoms with Crippen LogP contribution in [-0.2, 0) is 11.3 Å². The molecular formula is C15H10BrNO2S2. The van der Waals surface area contributed by atoms with Gasteiger partial charge in [0.2, 0.25) is 0 Å². The molecule has 2 aromatic heterocycles. The summed E-state index contributed by atoms with van der Waals surface area (Å²) < 4.78 is 6.21. The SMILES string of the molecule is O=C(OCc1csc(-c2ccsc2)n1)c1ccc(Br)cc1. The molecule has 0 bridgehead atoms. The van der Waals surface area contributed by atoms with Crippen molar-refractivity contribution in [3.8, 4) is 10.6 Å². The number of rotatable bonds is 4. The summed E-state index contributed by atoms with van der Waals surface area (Å²) in [5, 5.41) is 6.94. The number of carbonyl (C=O) groups is 1. The van der Waals surface area contributed by atoms with Gasteiger partial charge >= 0.3 is 5.97 Å². The standard InChI is InChI=1S/C15H10BrNO2S2/c16-12-3-1-10(2-4-12)15(18)19-7-13-9-21-14(17-13)11-5-6-20-8-11/h1-6,8-9H,7H2. The molecule has 0 fully saturated rings. The van der Waals surface area contributed by atoms with Gasteiger partial charge in [0, 0.05) is 20.8 Å². The highest BCUT2D eigenvalue weighted by molar-refractivity contribution is 9.10. The molecule has 1 aromatic carbocycles. The molecule has 0 radical (unpaired) electrons. The van der Waals surface area contributed by atoms with Gasteiger partial charge < -0.3 is 4.74 Å². The number of benzene rings is 1. The monoisotopic (exact) mass is 379 g/mol. The lowest BCUT2D eigenvalue weighted by atomic mass is 10.2. The molecule has 3 aromatic rings. The summed E-state index contributed by atoms with van der Waals surface area (Å²) in [5.41, 5.74) is 2.41. The third kappa shape index (κ3) is 3.58. The largest absolute Gasteiger partial charge is 0.456 e. The summed E-state index contributed by atoms with van der Waals surface area (Å²) >= 11 is 6.52. The molecule has 0 spiro atoms. The third-order valence-corrected chi connectivity index (χ3v) is 4.90. The van der Waals surface area contributed by atoms with E-state index in [1.165, 1.54) is 0 Å². The van der Waals surface area contributed by atoms with Crippen molar-refractivity contribution in [3.63, 3.8) is 0 Å². The van der Waals surface area contributed by atoms with Gasteiger partial charge in [-0.25, -0.2) is 9.78 Å². The number of halogens is 1. The Morgan fingerprint density at radius 3 is 2.71 bits per heavy atom. The predicted molar refractivity (Wildman–Crippen MR) is 88.7 cm³/mol. The van der Waals surface area contributed by atoms with Gasteiger partial charge in [0.25, 0.3) is 0 Å². The maximum atomic E-state index is 11.9. The number of hydrogen-bond donors (Lipinski definition) is 0. The minimum atomic E-state index is -0.340. The first kappa shape index (κ1) is 14.4. The van der Waals surface area contributed by atoms with Crippen molar-refractivity contribution >= 4 is 44.6 Å². The Morgan fingerprint density at radius 1 is 1.19 bits per heavy atom. The van der Waals surface area contributed by atoms with E-state index in [1.54, 1.807) is 34.8 Å². The lowest BCUT2D eigenvalue weighted by Gasteiger charge is -2.02. The highest BCUT2D eigenvalue weighted by Crippen LogP contribution is 2.26. The molecule has 0 saturated heterocycles. The fraction of sp³-hybridized carbons (Fsp3) is 0.0667. The Hall–Kier alpha value is -1.50. The molecule has 0 atom stereocenters. The van der Waals surface area contributed by atoms with Crippen LogP contribution in [0.5, 0.6) is 0 Å². The van der Waals surface area contributed by atoms with E-state index in [1.807, 2.05) is 29.0 Å². The molecule has 0 aliphatic heterocycles. The van der Waals surface area contributed by atoms with E-state index < -0.39 is 0 Å². The highest BCUT2D eigenvalue weighted by Gasteiger charge is 2.10. The fourth-order valence-electron chi connectivity index (χ4n) is 1.70. The van der Waals surface area contributed by atoms with Crippen LogP contribution >= 0.6 is 38.6 Å². The van der Waals surface area contributed by atoms with Gasteiger partial charge in [-0.1, -0.05) is 15.9 Å². The zero-order chi connectivity index (χ0) is 14.7. The normalized spacial score (nSPS) is 10.5. The molecular weight excluding hydrogens is 370 g/mol. The van der Waals surface area contributed by atoms with Crippen LogP contribution in [0.4, 0.5) is 0 Å². The molecule has 0 aliphatic rings. The average Bonchev–Trinajstić information content (AvgIpc) is 3.16. The summed E-state index contributed by atoms with van der Waals surface area (Å²) in [4.78, 5) is 16.4. The van der Waals surface area contributed by atoms with E-state index in [2.05, 4.69) is 26.3 Å². The van der Waals surface area contributed by atoms with Gasteiger partial charge in [-0.05, 0) is 35.7 Å². The van der Waals surface area contributed by atoms with Crippen LogP contribution < -0.4 is 0 Å². The maximum absolute atomic E-state index is 11.9. The molecule has 0 amide bonds. The van der Waals surface area contributed by atoms with E-state index in [4.69, 9.17) is 4.74 Å².